The molecule has 3 rings (SSSR count). The third-order valence-electron chi connectivity index (χ3n) is 4.39. The minimum atomic E-state index is 0.653. The van der Waals surface area contributed by atoms with Crippen LogP contribution in [0.2, 0.25) is 0 Å². The van der Waals surface area contributed by atoms with E-state index >= 15 is 0 Å². The molecule has 1 aliphatic heterocycles. The summed E-state index contributed by atoms with van der Waals surface area (Å²) in [5.41, 5.74) is 4.81. The van der Waals surface area contributed by atoms with Crippen LogP contribution in [0.25, 0.3) is 0 Å². The molecule has 2 aromatic carbocycles. The van der Waals surface area contributed by atoms with Gasteiger partial charge in [0.25, 0.3) is 0 Å². The van der Waals surface area contributed by atoms with Gasteiger partial charge >= 0.3 is 0 Å². The molecule has 0 amide bonds. The van der Waals surface area contributed by atoms with Crippen molar-refractivity contribution in [3.8, 4) is 0 Å². The van der Waals surface area contributed by atoms with Gasteiger partial charge < -0.3 is 15.5 Å². The first kappa shape index (κ1) is 16.8. The fourth-order valence-corrected chi connectivity index (χ4v) is 3.25. The summed E-state index contributed by atoms with van der Waals surface area (Å²) in [6, 6.07) is 17.0. The molecule has 2 aromatic rings. The molecule has 1 heterocycles. The van der Waals surface area contributed by atoms with Crippen molar-refractivity contribution in [3.63, 3.8) is 0 Å². The summed E-state index contributed by atoms with van der Waals surface area (Å²) in [6.07, 6.45) is 3.98. The molecule has 1 aliphatic rings. The van der Waals surface area contributed by atoms with Gasteiger partial charge in [0.05, 0.1) is 0 Å². The summed E-state index contributed by atoms with van der Waals surface area (Å²) in [4.78, 5) is 2.48. The van der Waals surface area contributed by atoms with Crippen molar-refractivity contribution < 1.29 is 0 Å². The number of aryl methyl sites for hydroxylation is 1. The summed E-state index contributed by atoms with van der Waals surface area (Å²) >= 11 is 5.38. The minimum absolute atomic E-state index is 0.653. The van der Waals surface area contributed by atoms with Crippen LogP contribution >= 0.6 is 12.2 Å². The van der Waals surface area contributed by atoms with Crippen LogP contribution in [-0.2, 0) is 6.54 Å². The molecule has 2 N–H and O–H groups in total. The SMILES string of the molecule is Cc1cccc(NC(=S)NCc2ccc(N3CCCCC3)cc2)c1. The lowest BCUT2D eigenvalue weighted by molar-refractivity contribution is 0.578. The molecule has 3 nitrogen and oxygen atoms in total. The fourth-order valence-electron chi connectivity index (χ4n) is 3.06. The molecule has 0 saturated carbocycles. The Labute approximate surface area is 150 Å². The lowest BCUT2D eigenvalue weighted by Gasteiger charge is -2.28. The summed E-state index contributed by atoms with van der Waals surface area (Å²) in [6.45, 7) is 5.17. The Morgan fingerprint density at radius 3 is 2.50 bits per heavy atom. The molecule has 0 radical (unpaired) electrons. The van der Waals surface area contributed by atoms with E-state index in [1.165, 1.54) is 49.2 Å². The molecular formula is C20H25N3S. The molecule has 0 bridgehead atoms. The second-order valence-corrected chi connectivity index (χ2v) is 6.80. The summed E-state index contributed by atoms with van der Waals surface area (Å²) in [7, 11) is 0. The predicted molar refractivity (Wildman–Crippen MR) is 107 cm³/mol. The van der Waals surface area contributed by atoms with Crippen molar-refractivity contribution in [1.29, 1.82) is 0 Å². The van der Waals surface area contributed by atoms with Gasteiger partial charge in [-0.25, -0.2) is 0 Å². The van der Waals surface area contributed by atoms with Crippen LogP contribution < -0.4 is 15.5 Å². The van der Waals surface area contributed by atoms with Crippen molar-refractivity contribution >= 4 is 28.7 Å². The average Bonchev–Trinajstić information content (AvgIpc) is 2.61. The van der Waals surface area contributed by atoms with E-state index in [-0.39, 0.29) is 0 Å². The highest BCUT2D eigenvalue weighted by Crippen LogP contribution is 2.20. The van der Waals surface area contributed by atoms with Crippen molar-refractivity contribution in [2.75, 3.05) is 23.3 Å². The monoisotopic (exact) mass is 339 g/mol. The quantitative estimate of drug-likeness (QED) is 0.804. The van der Waals surface area contributed by atoms with Gasteiger partial charge in [0, 0.05) is 31.0 Å². The maximum Gasteiger partial charge on any atom is 0.171 e. The van der Waals surface area contributed by atoms with Gasteiger partial charge in [0.2, 0.25) is 0 Å². The molecule has 0 atom stereocenters. The first-order valence-corrected chi connectivity index (χ1v) is 9.07. The van der Waals surface area contributed by atoms with E-state index in [1.807, 2.05) is 12.1 Å². The molecule has 0 aromatic heterocycles. The van der Waals surface area contributed by atoms with Crippen LogP contribution in [0.15, 0.2) is 48.5 Å². The highest BCUT2D eigenvalue weighted by Gasteiger charge is 2.10. The van der Waals surface area contributed by atoms with E-state index in [2.05, 4.69) is 58.9 Å². The molecule has 126 valence electrons. The minimum Gasteiger partial charge on any atom is -0.372 e. The molecule has 1 saturated heterocycles. The van der Waals surface area contributed by atoms with E-state index in [0.717, 1.165) is 12.2 Å². The molecule has 24 heavy (non-hydrogen) atoms. The van der Waals surface area contributed by atoms with Gasteiger partial charge in [-0.15, -0.1) is 0 Å². The molecule has 0 spiro atoms. The van der Waals surface area contributed by atoms with Gasteiger partial charge in [-0.05, 0) is 73.8 Å². The van der Waals surface area contributed by atoms with Gasteiger partial charge in [0.1, 0.15) is 0 Å². The van der Waals surface area contributed by atoms with Crippen molar-refractivity contribution in [2.45, 2.75) is 32.7 Å². The van der Waals surface area contributed by atoms with Crippen LogP contribution in [-0.4, -0.2) is 18.2 Å². The fraction of sp³-hybridized carbons (Fsp3) is 0.350. The van der Waals surface area contributed by atoms with Crippen LogP contribution in [0, 0.1) is 6.92 Å². The Bertz CT molecular complexity index is 676. The van der Waals surface area contributed by atoms with Crippen LogP contribution in [0.3, 0.4) is 0 Å². The smallest absolute Gasteiger partial charge is 0.171 e. The second kappa shape index (κ2) is 8.15. The number of hydrogen-bond donors (Lipinski definition) is 2. The third-order valence-corrected chi connectivity index (χ3v) is 4.63. The zero-order chi connectivity index (χ0) is 16.8. The highest BCUT2D eigenvalue weighted by atomic mass is 32.1. The van der Waals surface area contributed by atoms with Gasteiger partial charge in [0.15, 0.2) is 5.11 Å². The van der Waals surface area contributed by atoms with Gasteiger partial charge in [-0.2, -0.15) is 0 Å². The molecule has 4 heteroatoms. The number of anilines is 2. The van der Waals surface area contributed by atoms with Crippen LogP contribution in [0.1, 0.15) is 30.4 Å². The number of nitrogens with one attached hydrogen (secondary N) is 2. The number of hydrogen-bond acceptors (Lipinski definition) is 2. The lowest BCUT2D eigenvalue weighted by atomic mass is 10.1. The number of thiocarbonyl (C=S) groups is 1. The number of piperidine rings is 1. The Hall–Kier alpha value is -2.07. The largest absolute Gasteiger partial charge is 0.372 e. The van der Waals surface area contributed by atoms with Crippen LogP contribution in [0.4, 0.5) is 11.4 Å². The zero-order valence-corrected chi connectivity index (χ0v) is 15.0. The first-order valence-electron chi connectivity index (χ1n) is 8.66. The zero-order valence-electron chi connectivity index (χ0n) is 14.2. The van der Waals surface area contributed by atoms with E-state index < -0.39 is 0 Å². The standard InChI is InChI=1S/C20H25N3S/c1-16-6-5-7-18(14-16)22-20(24)21-15-17-8-10-19(11-9-17)23-12-3-2-4-13-23/h5-11,14H,2-4,12-13,15H2,1H3,(H2,21,22,24). The summed E-state index contributed by atoms with van der Waals surface area (Å²) in [5, 5.41) is 7.15. The molecule has 1 fully saturated rings. The number of benzene rings is 2. The van der Waals surface area contributed by atoms with E-state index in [9.17, 15) is 0 Å². The number of nitrogens with zero attached hydrogens (tertiary/aromatic N) is 1. The van der Waals surface area contributed by atoms with Crippen molar-refractivity contribution in [3.05, 3.63) is 59.7 Å². The first-order chi connectivity index (χ1) is 11.7. The van der Waals surface area contributed by atoms with E-state index in [1.54, 1.807) is 0 Å². The topological polar surface area (TPSA) is 27.3 Å². The molecule has 0 unspecified atom stereocenters. The third kappa shape index (κ3) is 4.71. The molecule has 0 aliphatic carbocycles. The predicted octanol–water partition coefficient (Wildman–Crippen LogP) is 4.47. The van der Waals surface area contributed by atoms with Crippen molar-refractivity contribution in [1.82, 2.24) is 5.32 Å². The lowest BCUT2D eigenvalue weighted by Crippen LogP contribution is -2.29. The van der Waals surface area contributed by atoms with Gasteiger partial charge in [-0.1, -0.05) is 24.3 Å². The second-order valence-electron chi connectivity index (χ2n) is 6.39. The Balaban J connectivity index is 1.50. The van der Waals surface area contributed by atoms with E-state index in [0.29, 0.717) is 5.11 Å². The molecular weight excluding hydrogens is 314 g/mol. The van der Waals surface area contributed by atoms with Gasteiger partial charge in [-0.3, -0.25) is 0 Å². The summed E-state index contributed by atoms with van der Waals surface area (Å²) < 4.78 is 0. The summed E-state index contributed by atoms with van der Waals surface area (Å²) in [5.74, 6) is 0. The number of rotatable bonds is 4. The Morgan fingerprint density at radius 2 is 1.79 bits per heavy atom. The normalized spacial score (nSPS) is 14.3. The van der Waals surface area contributed by atoms with Crippen molar-refractivity contribution in [2.24, 2.45) is 0 Å². The van der Waals surface area contributed by atoms with E-state index in [4.69, 9.17) is 12.2 Å². The maximum atomic E-state index is 5.38. The highest BCUT2D eigenvalue weighted by molar-refractivity contribution is 7.80. The average molecular weight is 340 g/mol. The Kier molecular flexibility index (Phi) is 5.70. The maximum absolute atomic E-state index is 5.38. The van der Waals surface area contributed by atoms with Crippen LogP contribution in [0.5, 0.6) is 0 Å². The Morgan fingerprint density at radius 1 is 1.04 bits per heavy atom.